The van der Waals surface area contributed by atoms with Gasteiger partial charge in [0.25, 0.3) is 5.60 Å². The van der Waals surface area contributed by atoms with Gasteiger partial charge >= 0.3 is 5.97 Å². The highest BCUT2D eigenvalue weighted by Gasteiger charge is 2.61. The lowest BCUT2D eigenvalue weighted by Crippen LogP contribution is -2.47. The van der Waals surface area contributed by atoms with Crippen molar-refractivity contribution in [2.24, 2.45) is 0 Å². The lowest BCUT2D eigenvalue weighted by atomic mass is 9.95. The molecule has 2 atom stereocenters. The Hall–Kier alpha value is -1.55. The van der Waals surface area contributed by atoms with Crippen LogP contribution in [0.3, 0.4) is 0 Å². The van der Waals surface area contributed by atoms with Crippen LogP contribution >= 0.6 is 0 Å². The first-order chi connectivity index (χ1) is 11.2. The molecule has 0 aliphatic carbocycles. The van der Waals surface area contributed by atoms with E-state index in [1.165, 1.54) is 6.26 Å². The van der Waals surface area contributed by atoms with Crippen molar-refractivity contribution in [1.82, 2.24) is 0 Å². The monoisotopic (exact) mass is 364 g/mol. The van der Waals surface area contributed by atoms with Gasteiger partial charge in [0.2, 0.25) is 0 Å². The van der Waals surface area contributed by atoms with Crippen molar-refractivity contribution in [1.29, 1.82) is 0 Å². The quantitative estimate of drug-likeness (QED) is 0.450. The van der Waals surface area contributed by atoms with E-state index in [0.29, 0.717) is 5.76 Å². The summed E-state index contributed by atoms with van der Waals surface area (Å²) in [6.07, 6.45) is 0.742. The molecule has 0 bridgehead atoms. The maximum atomic E-state index is 13.1. The Morgan fingerprint density at radius 1 is 1.28 bits per heavy atom. The van der Waals surface area contributed by atoms with Crippen LogP contribution in [-0.4, -0.2) is 31.0 Å². The zero-order chi connectivity index (χ0) is 19.1. The molecule has 2 heterocycles. The van der Waals surface area contributed by atoms with Gasteiger partial charge in [0.1, 0.15) is 19.4 Å². The minimum Gasteiger partial charge on any atom is -0.466 e. The molecule has 6 heteroatoms. The second kappa shape index (κ2) is 6.31. The number of carbonyl (C=O) groups excluding carboxylic acids is 1. The number of ether oxygens (including phenoxy) is 3. The van der Waals surface area contributed by atoms with Crippen LogP contribution in [0.15, 0.2) is 22.8 Å². The summed E-state index contributed by atoms with van der Waals surface area (Å²) in [6.45, 7) is 15.3. The van der Waals surface area contributed by atoms with Crippen LogP contribution in [0.1, 0.15) is 46.5 Å². The Kier molecular flexibility index (Phi) is 4.99. The second-order valence-corrected chi connectivity index (χ2v) is 13.5. The van der Waals surface area contributed by atoms with Gasteiger partial charge in [-0.2, -0.15) is 0 Å². The fourth-order valence-electron chi connectivity index (χ4n) is 2.46. The largest absolute Gasteiger partial charge is 0.466 e. The number of furan rings is 1. The van der Waals surface area contributed by atoms with Gasteiger partial charge in [0.15, 0.2) is 11.9 Å². The molecule has 0 amide bonds. The fourth-order valence-corrected chi connectivity index (χ4v) is 3.02. The zero-order valence-electron chi connectivity index (χ0n) is 16.4. The van der Waals surface area contributed by atoms with Crippen LogP contribution < -0.4 is 0 Å². The number of hydrogen-bond acceptors (Lipinski definition) is 5. The number of carbonyl (C=O) groups is 1. The Labute approximate surface area is 151 Å². The van der Waals surface area contributed by atoms with E-state index in [1.54, 1.807) is 26.0 Å². The van der Waals surface area contributed by atoms with Crippen molar-refractivity contribution in [2.45, 2.75) is 77.4 Å². The van der Waals surface area contributed by atoms with Crippen LogP contribution in [0.2, 0.25) is 19.6 Å². The normalized spacial score (nSPS) is 26.0. The molecule has 25 heavy (non-hydrogen) atoms. The average Bonchev–Trinajstić information content (AvgIpc) is 2.99. The standard InChI is InChI=1S/C19H28O5Si/c1-17(2,3)23-16(20)19(11-13-25(6,7)8)15(14-10-9-12-21-14)22-18(4,5)24-19/h9-10,12,15H,1-8H3/t15-,19-/m0/s1. The summed E-state index contributed by atoms with van der Waals surface area (Å²) in [7, 11) is -1.77. The summed E-state index contributed by atoms with van der Waals surface area (Å²) in [4.78, 5) is 13.1. The van der Waals surface area contributed by atoms with E-state index in [0.717, 1.165) is 0 Å². The minimum atomic E-state index is -1.77. The Morgan fingerprint density at radius 2 is 1.92 bits per heavy atom. The first kappa shape index (κ1) is 19.8. The Morgan fingerprint density at radius 3 is 2.40 bits per heavy atom. The van der Waals surface area contributed by atoms with Crippen molar-refractivity contribution < 1.29 is 23.4 Å². The van der Waals surface area contributed by atoms with Gasteiger partial charge in [0, 0.05) is 0 Å². The Balaban J connectivity index is 2.58. The molecule has 1 aromatic rings. The van der Waals surface area contributed by atoms with E-state index >= 15 is 0 Å². The molecular weight excluding hydrogens is 336 g/mol. The van der Waals surface area contributed by atoms with Crippen LogP contribution in [0, 0.1) is 11.5 Å². The molecule has 1 aromatic heterocycles. The summed E-state index contributed by atoms with van der Waals surface area (Å²) in [5.74, 6) is 2.01. The summed E-state index contributed by atoms with van der Waals surface area (Å²) in [5.41, 5.74) is 1.01. The van der Waals surface area contributed by atoms with Crippen LogP contribution in [-0.2, 0) is 19.0 Å². The molecule has 0 N–H and O–H groups in total. The lowest BCUT2D eigenvalue weighted by molar-refractivity contribution is -0.188. The fraction of sp³-hybridized carbons (Fsp3) is 0.632. The van der Waals surface area contributed by atoms with E-state index in [1.807, 2.05) is 20.8 Å². The number of rotatable bonds is 2. The third-order valence-corrected chi connectivity index (χ3v) is 4.18. The first-order valence-electron chi connectivity index (χ1n) is 8.43. The average molecular weight is 365 g/mol. The second-order valence-electron chi connectivity index (χ2n) is 8.75. The van der Waals surface area contributed by atoms with Gasteiger partial charge in [-0.1, -0.05) is 25.6 Å². The molecule has 0 aromatic carbocycles. The summed E-state index contributed by atoms with van der Waals surface area (Å²) >= 11 is 0. The number of esters is 1. The highest BCUT2D eigenvalue weighted by Crippen LogP contribution is 2.47. The van der Waals surface area contributed by atoms with Crippen molar-refractivity contribution in [3.8, 4) is 11.5 Å². The molecule has 5 nitrogen and oxygen atoms in total. The van der Waals surface area contributed by atoms with Gasteiger partial charge in [-0.25, -0.2) is 4.79 Å². The molecule has 1 fully saturated rings. The molecule has 2 rings (SSSR count). The maximum Gasteiger partial charge on any atom is 0.355 e. The minimum absolute atomic E-state index is 0.487. The molecule has 1 aliphatic heterocycles. The van der Waals surface area contributed by atoms with E-state index in [4.69, 9.17) is 18.6 Å². The topological polar surface area (TPSA) is 57.9 Å². The molecule has 1 saturated heterocycles. The van der Waals surface area contributed by atoms with E-state index in [9.17, 15) is 4.79 Å². The van der Waals surface area contributed by atoms with Crippen molar-refractivity contribution in [3.63, 3.8) is 0 Å². The van der Waals surface area contributed by atoms with Gasteiger partial charge < -0.3 is 18.6 Å². The predicted octanol–water partition coefficient (Wildman–Crippen LogP) is 4.06. The highest BCUT2D eigenvalue weighted by molar-refractivity contribution is 6.83. The van der Waals surface area contributed by atoms with Gasteiger partial charge in [-0.3, -0.25) is 0 Å². The van der Waals surface area contributed by atoms with Gasteiger partial charge in [0.05, 0.1) is 6.26 Å². The first-order valence-corrected chi connectivity index (χ1v) is 11.9. The Bertz CT molecular complexity index is 682. The maximum absolute atomic E-state index is 13.1. The van der Waals surface area contributed by atoms with Crippen LogP contribution in [0.4, 0.5) is 0 Å². The van der Waals surface area contributed by atoms with Gasteiger partial charge in [-0.15, -0.1) is 5.54 Å². The summed E-state index contributed by atoms with van der Waals surface area (Å²) < 4.78 is 23.2. The van der Waals surface area contributed by atoms with E-state index < -0.39 is 37.1 Å². The molecule has 0 unspecified atom stereocenters. The molecule has 0 radical (unpaired) electrons. The van der Waals surface area contributed by atoms with Crippen LogP contribution in [0.5, 0.6) is 0 Å². The highest BCUT2D eigenvalue weighted by atomic mass is 28.3. The number of hydrogen-bond donors (Lipinski definition) is 0. The third kappa shape index (κ3) is 4.75. The summed E-state index contributed by atoms with van der Waals surface area (Å²) in [6, 6.07) is 3.50. The smallest absolute Gasteiger partial charge is 0.355 e. The van der Waals surface area contributed by atoms with Crippen LogP contribution in [0.25, 0.3) is 0 Å². The molecule has 138 valence electrons. The van der Waals surface area contributed by atoms with Gasteiger partial charge in [-0.05, 0) is 46.8 Å². The van der Waals surface area contributed by atoms with E-state index in [2.05, 4.69) is 31.1 Å². The molecule has 1 aliphatic rings. The van der Waals surface area contributed by atoms with Crippen molar-refractivity contribution >= 4 is 14.0 Å². The molecular formula is C19H28O5Si. The van der Waals surface area contributed by atoms with E-state index in [-0.39, 0.29) is 0 Å². The molecule has 0 spiro atoms. The van der Waals surface area contributed by atoms with Crippen molar-refractivity contribution in [3.05, 3.63) is 24.2 Å². The summed E-state index contributed by atoms with van der Waals surface area (Å²) in [5, 5.41) is 0. The van der Waals surface area contributed by atoms with Crippen molar-refractivity contribution in [2.75, 3.05) is 0 Å². The lowest BCUT2D eigenvalue weighted by Gasteiger charge is -2.29. The predicted molar refractivity (Wildman–Crippen MR) is 97.4 cm³/mol. The SMILES string of the molecule is CC(C)(C)OC(=O)[C@@]1(C#C[Si](C)(C)C)OC(C)(C)O[C@H]1c1ccco1. The molecule has 0 saturated carbocycles. The third-order valence-electron chi connectivity index (χ3n) is 3.30. The zero-order valence-corrected chi connectivity index (χ0v) is 17.4.